The maximum Gasteiger partial charge on any atom is 0.0922 e. The number of hydrogen-bond acceptors (Lipinski definition) is 1. The van der Waals surface area contributed by atoms with Gasteiger partial charge in [-0.25, -0.2) is 0 Å². The van der Waals surface area contributed by atoms with Crippen molar-refractivity contribution in [3.05, 3.63) is 0 Å². The molecule has 2 heteroatoms. The lowest BCUT2D eigenvalue weighted by Crippen LogP contribution is -2.49. The highest BCUT2D eigenvalue weighted by Gasteiger charge is 2.57. The van der Waals surface area contributed by atoms with Crippen LogP contribution in [0.5, 0.6) is 0 Å². The molecule has 0 amide bonds. The molecule has 0 aromatic heterocycles. The van der Waals surface area contributed by atoms with Gasteiger partial charge in [-0.05, 0) is 112 Å². The summed E-state index contributed by atoms with van der Waals surface area (Å²) in [5.74, 6) is 5.28. The Kier molecular flexibility index (Phi) is 4.27. The minimum Gasteiger partial charge on any atom is -0.393 e. The summed E-state index contributed by atoms with van der Waals surface area (Å²) >= 11 is 0. The Hall–Kier alpha value is -0.110. The van der Waals surface area contributed by atoms with Gasteiger partial charge >= 0.3 is 0 Å². The standard InChI is InChI=1S/C21H35FO/c1-13(23)19-7-8-20-18-6-4-15-11-14(12-22)3-5-16(15)17(18)9-10-21(19,20)2/h13-20,23H,3-12H2,1-2H3. The SMILES string of the molecule is CC(O)C1CCC2C3CCC4CC(CF)CCC4C3CCC12C. The number of alkyl halides is 1. The minimum atomic E-state index is -0.141. The summed E-state index contributed by atoms with van der Waals surface area (Å²) < 4.78 is 13.1. The van der Waals surface area contributed by atoms with E-state index in [1.807, 2.05) is 6.92 Å². The Balaban J connectivity index is 1.52. The van der Waals surface area contributed by atoms with Crippen molar-refractivity contribution in [2.45, 2.75) is 77.7 Å². The first-order chi connectivity index (χ1) is 11.0. The molecule has 4 saturated carbocycles. The van der Waals surface area contributed by atoms with Crippen LogP contribution < -0.4 is 0 Å². The average Bonchev–Trinajstić information content (AvgIpc) is 2.91. The van der Waals surface area contributed by atoms with Crippen molar-refractivity contribution in [1.29, 1.82) is 0 Å². The van der Waals surface area contributed by atoms with Crippen LogP contribution in [0.25, 0.3) is 0 Å². The second-order valence-electron chi connectivity index (χ2n) is 9.74. The van der Waals surface area contributed by atoms with Gasteiger partial charge in [-0.1, -0.05) is 6.92 Å². The van der Waals surface area contributed by atoms with Crippen molar-refractivity contribution in [2.24, 2.45) is 46.8 Å². The van der Waals surface area contributed by atoms with Crippen LogP contribution in [0.2, 0.25) is 0 Å². The zero-order valence-corrected chi connectivity index (χ0v) is 15.0. The first kappa shape index (κ1) is 16.4. The number of rotatable bonds is 2. The van der Waals surface area contributed by atoms with E-state index in [0.29, 0.717) is 17.3 Å². The van der Waals surface area contributed by atoms with Gasteiger partial charge in [0.25, 0.3) is 0 Å². The Labute approximate surface area is 141 Å². The molecule has 4 fully saturated rings. The Morgan fingerprint density at radius 1 is 1.00 bits per heavy atom. The van der Waals surface area contributed by atoms with Crippen LogP contribution >= 0.6 is 0 Å². The van der Waals surface area contributed by atoms with Gasteiger partial charge in [0.2, 0.25) is 0 Å². The van der Waals surface area contributed by atoms with Gasteiger partial charge in [-0.2, -0.15) is 0 Å². The maximum absolute atomic E-state index is 13.1. The van der Waals surface area contributed by atoms with Crippen molar-refractivity contribution in [2.75, 3.05) is 6.67 Å². The molecular weight excluding hydrogens is 287 g/mol. The van der Waals surface area contributed by atoms with E-state index in [0.717, 1.165) is 36.0 Å². The van der Waals surface area contributed by atoms with Gasteiger partial charge in [-0.15, -0.1) is 0 Å². The molecule has 0 saturated heterocycles. The third kappa shape index (κ3) is 2.50. The van der Waals surface area contributed by atoms with Gasteiger partial charge in [0.05, 0.1) is 12.8 Å². The molecule has 0 heterocycles. The Morgan fingerprint density at radius 2 is 1.78 bits per heavy atom. The number of fused-ring (bicyclic) bond motifs is 5. The molecule has 0 aromatic rings. The first-order valence-electron chi connectivity index (χ1n) is 10.3. The molecule has 23 heavy (non-hydrogen) atoms. The van der Waals surface area contributed by atoms with Crippen molar-refractivity contribution < 1.29 is 9.50 Å². The van der Waals surface area contributed by atoms with Crippen LogP contribution in [0.3, 0.4) is 0 Å². The molecule has 4 rings (SSSR count). The predicted octanol–water partition coefficient (Wildman–Crippen LogP) is 5.22. The highest BCUT2D eigenvalue weighted by atomic mass is 19.1. The van der Waals surface area contributed by atoms with Crippen molar-refractivity contribution >= 4 is 0 Å². The lowest BCUT2D eigenvalue weighted by atomic mass is 9.49. The third-order valence-electron chi connectivity index (χ3n) is 8.94. The van der Waals surface area contributed by atoms with Crippen LogP contribution in [0.4, 0.5) is 4.39 Å². The summed E-state index contributed by atoms with van der Waals surface area (Å²) in [6, 6.07) is 0. The quantitative estimate of drug-likeness (QED) is 0.739. The molecular formula is C21H35FO. The van der Waals surface area contributed by atoms with Gasteiger partial charge in [-0.3, -0.25) is 4.39 Å². The molecule has 0 bridgehead atoms. The smallest absolute Gasteiger partial charge is 0.0922 e. The van der Waals surface area contributed by atoms with E-state index in [9.17, 15) is 9.50 Å². The third-order valence-corrected chi connectivity index (χ3v) is 8.94. The number of halogens is 1. The second kappa shape index (κ2) is 6.00. The molecule has 0 spiro atoms. The van der Waals surface area contributed by atoms with E-state index < -0.39 is 0 Å². The predicted molar refractivity (Wildman–Crippen MR) is 91.7 cm³/mol. The summed E-state index contributed by atoms with van der Waals surface area (Å²) in [5.41, 5.74) is 0.387. The maximum atomic E-state index is 13.1. The van der Waals surface area contributed by atoms with Crippen molar-refractivity contribution in [3.8, 4) is 0 Å². The zero-order valence-electron chi connectivity index (χ0n) is 15.0. The second-order valence-corrected chi connectivity index (χ2v) is 9.74. The van der Waals surface area contributed by atoms with Gasteiger partial charge in [0.15, 0.2) is 0 Å². The van der Waals surface area contributed by atoms with E-state index >= 15 is 0 Å². The molecule has 0 aromatic carbocycles. The summed E-state index contributed by atoms with van der Waals surface area (Å²) in [7, 11) is 0. The number of aliphatic hydroxyl groups excluding tert-OH is 1. The first-order valence-corrected chi connectivity index (χ1v) is 10.3. The molecule has 9 atom stereocenters. The highest BCUT2D eigenvalue weighted by Crippen LogP contribution is 2.64. The topological polar surface area (TPSA) is 20.2 Å². The molecule has 1 N–H and O–H groups in total. The Bertz CT molecular complexity index is 436. The van der Waals surface area contributed by atoms with Crippen molar-refractivity contribution in [3.63, 3.8) is 0 Å². The van der Waals surface area contributed by atoms with Gasteiger partial charge < -0.3 is 5.11 Å². The molecule has 4 aliphatic rings. The molecule has 9 unspecified atom stereocenters. The largest absolute Gasteiger partial charge is 0.393 e. The summed E-state index contributed by atoms with van der Waals surface area (Å²) in [5, 5.41) is 10.3. The molecule has 1 nitrogen and oxygen atoms in total. The molecule has 0 radical (unpaired) electrons. The van der Waals surface area contributed by atoms with E-state index in [4.69, 9.17) is 0 Å². The van der Waals surface area contributed by atoms with Crippen LogP contribution in [-0.2, 0) is 0 Å². The minimum absolute atomic E-state index is 0.0892. The summed E-state index contributed by atoms with van der Waals surface area (Å²) in [4.78, 5) is 0. The van der Waals surface area contributed by atoms with E-state index in [-0.39, 0.29) is 12.8 Å². The van der Waals surface area contributed by atoms with Crippen LogP contribution in [0, 0.1) is 46.8 Å². The molecule has 132 valence electrons. The molecule has 4 aliphatic carbocycles. The fourth-order valence-corrected chi connectivity index (χ4v) is 7.92. The summed E-state index contributed by atoms with van der Waals surface area (Å²) in [6.45, 7) is 4.41. The lowest BCUT2D eigenvalue weighted by Gasteiger charge is -2.56. The van der Waals surface area contributed by atoms with Gasteiger partial charge in [0, 0.05) is 0 Å². The average molecular weight is 323 g/mol. The fraction of sp³-hybridized carbons (Fsp3) is 1.00. The highest BCUT2D eigenvalue weighted by molar-refractivity contribution is 5.06. The fourth-order valence-electron chi connectivity index (χ4n) is 7.92. The monoisotopic (exact) mass is 322 g/mol. The van der Waals surface area contributed by atoms with E-state index in [1.54, 1.807) is 0 Å². The van der Waals surface area contributed by atoms with Gasteiger partial charge in [0.1, 0.15) is 0 Å². The Morgan fingerprint density at radius 3 is 2.52 bits per heavy atom. The van der Waals surface area contributed by atoms with Crippen LogP contribution in [-0.4, -0.2) is 17.9 Å². The summed E-state index contributed by atoms with van der Waals surface area (Å²) in [6.07, 6.45) is 11.5. The number of hydrogen-bond donors (Lipinski definition) is 1. The lowest BCUT2D eigenvalue weighted by molar-refractivity contribution is -0.0827. The zero-order chi connectivity index (χ0) is 16.2. The van der Waals surface area contributed by atoms with E-state index in [1.165, 1.54) is 51.4 Å². The van der Waals surface area contributed by atoms with Crippen LogP contribution in [0.1, 0.15) is 71.6 Å². The molecule has 0 aliphatic heterocycles. The van der Waals surface area contributed by atoms with E-state index in [2.05, 4.69) is 6.92 Å². The van der Waals surface area contributed by atoms with Crippen LogP contribution in [0.15, 0.2) is 0 Å². The number of aliphatic hydroxyl groups is 1. The van der Waals surface area contributed by atoms with Crippen molar-refractivity contribution in [1.82, 2.24) is 0 Å². The normalized spacial score (nSPS) is 54.0.